The number of likely N-dealkylation sites (tertiary alicyclic amines) is 1. The van der Waals surface area contributed by atoms with E-state index in [1.54, 1.807) is 0 Å². The second-order valence-electron chi connectivity index (χ2n) is 5.27. The summed E-state index contributed by atoms with van der Waals surface area (Å²) in [6.07, 6.45) is 3.16. The van der Waals surface area contributed by atoms with E-state index in [2.05, 4.69) is 20.8 Å². The van der Waals surface area contributed by atoms with Crippen LogP contribution in [-0.2, 0) is 4.79 Å². The molecule has 0 radical (unpaired) electrons. The van der Waals surface area contributed by atoms with Gasteiger partial charge in [0.2, 0.25) is 5.91 Å². The molecule has 1 aliphatic rings. The molecule has 3 heteroatoms. The highest BCUT2D eigenvalue weighted by Crippen LogP contribution is 2.17. The van der Waals surface area contributed by atoms with Gasteiger partial charge in [-0.25, -0.2) is 0 Å². The Balaban J connectivity index is 2.44. The Morgan fingerprint density at radius 2 is 2.20 bits per heavy atom. The summed E-state index contributed by atoms with van der Waals surface area (Å²) in [7, 11) is 0. The smallest absolute Gasteiger partial charge is 0.239 e. The Bertz CT molecular complexity index is 216. The van der Waals surface area contributed by atoms with Crippen molar-refractivity contribution in [2.45, 2.75) is 46.1 Å². The maximum absolute atomic E-state index is 12.0. The van der Waals surface area contributed by atoms with E-state index in [9.17, 15) is 4.79 Å². The zero-order chi connectivity index (χ0) is 11.4. The molecular formula is C12H24N2O. The molecule has 1 heterocycles. The number of piperidine rings is 1. The van der Waals surface area contributed by atoms with Gasteiger partial charge in [0, 0.05) is 13.1 Å². The molecule has 0 aromatic rings. The molecule has 1 rings (SSSR count). The molecular weight excluding hydrogens is 188 g/mol. The van der Waals surface area contributed by atoms with Gasteiger partial charge in [0.25, 0.3) is 0 Å². The first-order valence-electron chi connectivity index (χ1n) is 6.05. The molecule has 0 spiro atoms. The van der Waals surface area contributed by atoms with E-state index < -0.39 is 0 Å². The fourth-order valence-electron chi connectivity index (χ4n) is 2.23. The molecule has 1 fully saturated rings. The quantitative estimate of drug-likeness (QED) is 0.772. The Morgan fingerprint density at radius 3 is 2.73 bits per heavy atom. The predicted molar refractivity (Wildman–Crippen MR) is 62.4 cm³/mol. The highest BCUT2D eigenvalue weighted by Gasteiger charge is 2.25. The molecule has 3 nitrogen and oxygen atoms in total. The van der Waals surface area contributed by atoms with Crippen molar-refractivity contribution in [3.8, 4) is 0 Å². The minimum absolute atomic E-state index is 0.148. The fourth-order valence-corrected chi connectivity index (χ4v) is 2.23. The first kappa shape index (κ1) is 12.5. The highest BCUT2D eigenvalue weighted by molar-refractivity contribution is 5.81. The van der Waals surface area contributed by atoms with Crippen molar-refractivity contribution in [3.63, 3.8) is 0 Å². The molecule has 88 valence electrons. The molecule has 0 bridgehead atoms. The standard InChI is InChI=1S/C12H24N2O/c1-9(2)7-11(13)12(15)14-6-4-5-10(3)8-14/h9-11H,4-8,13H2,1-3H3/t10-,11-/m1/s1. The number of nitrogens with two attached hydrogens (primary N) is 1. The van der Waals surface area contributed by atoms with Gasteiger partial charge in [0.1, 0.15) is 0 Å². The normalized spacial score (nSPS) is 24.3. The second kappa shape index (κ2) is 5.50. The Hall–Kier alpha value is -0.570. The van der Waals surface area contributed by atoms with Gasteiger partial charge >= 0.3 is 0 Å². The summed E-state index contributed by atoms with van der Waals surface area (Å²) in [5.41, 5.74) is 5.90. The van der Waals surface area contributed by atoms with Crippen LogP contribution in [0.3, 0.4) is 0 Å². The van der Waals surface area contributed by atoms with E-state index in [0.717, 1.165) is 25.9 Å². The predicted octanol–water partition coefficient (Wildman–Crippen LogP) is 1.62. The third-order valence-corrected chi connectivity index (χ3v) is 3.01. The molecule has 0 aromatic heterocycles. The molecule has 1 amide bonds. The topological polar surface area (TPSA) is 46.3 Å². The van der Waals surface area contributed by atoms with Gasteiger partial charge in [-0.3, -0.25) is 4.79 Å². The Kier molecular flexibility index (Phi) is 4.58. The number of nitrogens with zero attached hydrogens (tertiary/aromatic N) is 1. The van der Waals surface area contributed by atoms with Crippen molar-refractivity contribution < 1.29 is 4.79 Å². The maximum Gasteiger partial charge on any atom is 0.239 e. The van der Waals surface area contributed by atoms with Crippen LogP contribution in [0.1, 0.15) is 40.0 Å². The van der Waals surface area contributed by atoms with Gasteiger partial charge in [0.05, 0.1) is 6.04 Å². The van der Waals surface area contributed by atoms with Crippen LogP contribution in [0.2, 0.25) is 0 Å². The number of amides is 1. The lowest BCUT2D eigenvalue weighted by molar-refractivity contribution is -0.134. The molecule has 2 N–H and O–H groups in total. The first-order chi connectivity index (χ1) is 7.00. The molecule has 0 saturated carbocycles. The van der Waals surface area contributed by atoms with Crippen LogP contribution in [0.4, 0.5) is 0 Å². The first-order valence-corrected chi connectivity index (χ1v) is 6.05. The largest absolute Gasteiger partial charge is 0.341 e. The van der Waals surface area contributed by atoms with E-state index in [1.807, 2.05) is 4.90 Å². The van der Waals surface area contributed by atoms with Crippen LogP contribution < -0.4 is 5.73 Å². The zero-order valence-corrected chi connectivity index (χ0v) is 10.2. The number of carbonyl (C=O) groups is 1. The van der Waals surface area contributed by atoms with E-state index in [-0.39, 0.29) is 11.9 Å². The highest BCUT2D eigenvalue weighted by atomic mass is 16.2. The maximum atomic E-state index is 12.0. The zero-order valence-electron chi connectivity index (χ0n) is 10.2. The van der Waals surface area contributed by atoms with E-state index >= 15 is 0 Å². The number of hydrogen-bond acceptors (Lipinski definition) is 2. The van der Waals surface area contributed by atoms with Crippen molar-refractivity contribution in [1.29, 1.82) is 0 Å². The van der Waals surface area contributed by atoms with Gasteiger partial charge in [-0.05, 0) is 31.1 Å². The third kappa shape index (κ3) is 3.82. The van der Waals surface area contributed by atoms with Crippen LogP contribution in [0.5, 0.6) is 0 Å². The molecule has 1 aliphatic heterocycles. The summed E-state index contributed by atoms with van der Waals surface area (Å²) in [6.45, 7) is 8.20. The van der Waals surface area contributed by atoms with Gasteiger partial charge in [-0.2, -0.15) is 0 Å². The van der Waals surface area contributed by atoms with Crippen LogP contribution in [-0.4, -0.2) is 29.9 Å². The minimum atomic E-state index is -0.296. The van der Waals surface area contributed by atoms with Crippen LogP contribution in [0.25, 0.3) is 0 Å². The van der Waals surface area contributed by atoms with E-state index in [1.165, 1.54) is 6.42 Å². The van der Waals surface area contributed by atoms with Crippen molar-refractivity contribution in [2.24, 2.45) is 17.6 Å². The lowest BCUT2D eigenvalue weighted by Crippen LogP contribution is -2.48. The van der Waals surface area contributed by atoms with Crippen molar-refractivity contribution in [2.75, 3.05) is 13.1 Å². The van der Waals surface area contributed by atoms with Crippen LogP contribution in [0, 0.1) is 11.8 Å². The Labute approximate surface area is 93.0 Å². The average Bonchev–Trinajstić information content (AvgIpc) is 2.15. The summed E-state index contributed by atoms with van der Waals surface area (Å²) in [4.78, 5) is 13.9. The van der Waals surface area contributed by atoms with Gasteiger partial charge in [-0.1, -0.05) is 20.8 Å². The summed E-state index contributed by atoms with van der Waals surface area (Å²) in [6, 6.07) is -0.296. The lowest BCUT2D eigenvalue weighted by Gasteiger charge is -2.33. The summed E-state index contributed by atoms with van der Waals surface area (Å²) < 4.78 is 0. The molecule has 0 aliphatic carbocycles. The lowest BCUT2D eigenvalue weighted by atomic mass is 9.98. The van der Waals surface area contributed by atoms with E-state index in [4.69, 9.17) is 5.73 Å². The molecule has 0 aromatic carbocycles. The van der Waals surface area contributed by atoms with Crippen LogP contribution in [0.15, 0.2) is 0 Å². The van der Waals surface area contributed by atoms with Crippen LogP contribution >= 0.6 is 0 Å². The second-order valence-corrected chi connectivity index (χ2v) is 5.27. The molecule has 1 saturated heterocycles. The fraction of sp³-hybridized carbons (Fsp3) is 0.917. The SMILES string of the molecule is CC(C)C[C@@H](N)C(=O)N1CCC[C@@H](C)C1. The monoisotopic (exact) mass is 212 g/mol. The summed E-state index contributed by atoms with van der Waals surface area (Å²) in [5.74, 6) is 1.27. The number of hydrogen-bond donors (Lipinski definition) is 1. The van der Waals surface area contributed by atoms with E-state index in [0.29, 0.717) is 11.8 Å². The molecule has 15 heavy (non-hydrogen) atoms. The Morgan fingerprint density at radius 1 is 1.53 bits per heavy atom. The minimum Gasteiger partial charge on any atom is -0.341 e. The summed E-state index contributed by atoms with van der Waals surface area (Å²) in [5, 5.41) is 0. The van der Waals surface area contributed by atoms with Gasteiger partial charge in [-0.15, -0.1) is 0 Å². The van der Waals surface area contributed by atoms with Crippen molar-refractivity contribution in [3.05, 3.63) is 0 Å². The average molecular weight is 212 g/mol. The number of rotatable bonds is 3. The van der Waals surface area contributed by atoms with Crippen molar-refractivity contribution in [1.82, 2.24) is 4.90 Å². The molecule has 2 atom stereocenters. The van der Waals surface area contributed by atoms with Crippen molar-refractivity contribution >= 4 is 5.91 Å². The summed E-state index contributed by atoms with van der Waals surface area (Å²) >= 11 is 0. The van der Waals surface area contributed by atoms with Gasteiger partial charge < -0.3 is 10.6 Å². The molecule has 0 unspecified atom stereocenters. The number of carbonyl (C=O) groups excluding carboxylic acids is 1. The third-order valence-electron chi connectivity index (χ3n) is 3.01. The van der Waals surface area contributed by atoms with Gasteiger partial charge in [0.15, 0.2) is 0 Å².